The Labute approximate surface area is 275 Å². The normalized spacial score (nSPS) is 12.7. The van der Waals surface area contributed by atoms with Crippen LogP contribution in [0.3, 0.4) is 0 Å². The van der Waals surface area contributed by atoms with Crippen molar-refractivity contribution in [3.63, 3.8) is 0 Å². The molecule has 4 nitrogen and oxygen atoms in total. The van der Waals surface area contributed by atoms with Gasteiger partial charge in [0.25, 0.3) is 0 Å². The first kappa shape index (κ1) is 35.8. The second-order valence-electron chi connectivity index (χ2n) is 10.9. The minimum atomic E-state index is -0.922. The van der Waals surface area contributed by atoms with Crippen molar-refractivity contribution in [2.45, 2.75) is 130 Å². The van der Waals surface area contributed by atoms with E-state index >= 15 is 0 Å². The molecule has 1 aliphatic rings. The molecule has 0 saturated heterocycles. The molecule has 8 heteroatoms. The van der Waals surface area contributed by atoms with E-state index in [1.54, 1.807) is 6.07 Å². The Kier molecular flexibility index (Phi) is 18.3. The summed E-state index contributed by atoms with van der Waals surface area (Å²) in [5.41, 5.74) is 3.74. The molecule has 3 rings (SSSR count). The van der Waals surface area contributed by atoms with Crippen molar-refractivity contribution in [3.8, 4) is 11.5 Å². The van der Waals surface area contributed by atoms with Gasteiger partial charge < -0.3 is 19.1 Å². The number of aryl methyl sites for hydroxylation is 2. The molecule has 0 unspecified atom stereocenters. The average Bonchev–Trinajstić information content (AvgIpc) is 2.93. The Morgan fingerprint density at radius 3 is 1.88 bits per heavy atom. The standard InChI is InChI=1S/C32H47BCl2O4.Na/c1-3-5-7-9-11-13-15-17-25-19-27(31(36)29(34)21-25)23-37-33-38-24-28-20-26(22-30(35)32(28)39-33)18-16-14-12-10-8-6-4-2;/h19-22,36H,3-18,23-24H2,1-2H3;/q;+1/p-1. The molecule has 40 heavy (non-hydrogen) atoms. The van der Waals surface area contributed by atoms with E-state index in [1.165, 1.54) is 82.6 Å². The van der Waals surface area contributed by atoms with Crippen LogP contribution in [0.2, 0.25) is 10.0 Å². The zero-order valence-corrected chi connectivity index (χ0v) is 28.5. The van der Waals surface area contributed by atoms with Crippen LogP contribution < -0.4 is 39.3 Å². The van der Waals surface area contributed by atoms with E-state index in [1.807, 2.05) is 12.1 Å². The van der Waals surface area contributed by atoms with Crippen LogP contribution in [0, 0.1) is 0 Å². The summed E-state index contributed by atoms with van der Waals surface area (Å²) < 4.78 is 17.6. The summed E-state index contributed by atoms with van der Waals surface area (Å²) in [6, 6.07) is 7.81. The minimum absolute atomic E-state index is 0. The number of unbranched alkanes of at least 4 members (excludes halogenated alkanes) is 12. The van der Waals surface area contributed by atoms with E-state index < -0.39 is 7.32 Å². The minimum Gasteiger partial charge on any atom is -0.871 e. The van der Waals surface area contributed by atoms with Crippen LogP contribution in [-0.2, 0) is 35.4 Å². The Morgan fingerprint density at radius 1 is 0.750 bits per heavy atom. The van der Waals surface area contributed by atoms with Crippen LogP contribution in [0.4, 0.5) is 0 Å². The number of hydrogen-bond acceptors (Lipinski definition) is 4. The van der Waals surface area contributed by atoms with Gasteiger partial charge in [-0.2, -0.15) is 0 Å². The Balaban J connectivity index is 0.00000560. The Morgan fingerprint density at radius 2 is 1.27 bits per heavy atom. The van der Waals surface area contributed by atoms with Gasteiger partial charge >= 0.3 is 36.9 Å². The fraction of sp³-hybridized carbons (Fsp3) is 0.625. The SMILES string of the molecule is CCCCCCCCCc1cc(Cl)c([O-])c(COB2OCc3cc(CCCCCCCCC)cc(Cl)c3O2)c1.[Na+]. The molecule has 0 atom stereocenters. The van der Waals surface area contributed by atoms with Crippen molar-refractivity contribution in [2.24, 2.45) is 0 Å². The summed E-state index contributed by atoms with van der Waals surface area (Å²) in [4.78, 5) is 0. The molecule has 0 radical (unpaired) electrons. The molecule has 0 saturated carbocycles. The Bertz CT molecular complexity index is 1010. The molecule has 1 heterocycles. The van der Waals surface area contributed by atoms with E-state index in [0.29, 0.717) is 22.9 Å². The first-order valence-electron chi connectivity index (χ1n) is 15.2. The molecule has 0 aliphatic carbocycles. The molecule has 0 bridgehead atoms. The first-order chi connectivity index (χ1) is 19.0. The summed E-state index contributed by atoms with van der Waals surface area (Å²) in [6.07, 6.45) is 19.6. The van der Waals surface area contributed by atoms with Crippen molar-refractivity contribution in [1.82, 2.24) is 0 Å². The zero-order chi connectivity index (χ0) is 27.9. The van der Waals surface area contributed by atoms with Crippen molar-refractivity contribution < 1.29 is 48.6 Å². The molecular formula is C32H46BCl2NaO4. The van der Waals surface area contributed by atoms with Gasteiger partial charge in [-0.25, -0.2) is 0 Å². The molecule has 0 fully saturated rings. The monoisotopic (exact) mass is 598 g/mol. The first-order valence-corrected chi connectivity index (χ1v) is 16.0. The summed E-state index contributed by atoms with van der Waals surface area (Å²) in [5, 5.41) is 13.4. The van der Waals surface area contributed by atoms with Gasteiger partial charge in [-0.1, -0.05) is 126 Å². The van der Waals surface area contributed by atoms with Crippen LogP contribution >= 0.6 is 23.2 Å². The van der Waals surface area contributed by atoms with E-state index in [-0.39, 0.29) is 46.9 Å². The molecule has 0 amide bonds. The zero-order valence-electron chi connectivity index (χ0n) is 25.0. The number of rotatable bonds is 19. The molecule has 0 spiro atoms. The fourth-order valence-electron chi connectivity index (χ4n) is 5.16. The molecule has 0 aromatic heterocycles. The van der Waals surface area contributed by atoms with Crippen LogP contribution in [0.5, 0.6) is 11.5 Å². The molecule has 216 valence electrons. The molecule has 0 N–H and O–H groups in total. The van der Waals surface area contributed by atoms with Crippen LogP contribution in [0.1, 0.15) is 126 Å². The maximum atomic E-state index is 12.6. The van der Waals surface area contributed by atoms with Crippen molar-refractivity contribution >= 4 is 30.5 Å². The summed E-state index contributed by atoms with van der Waals surface area (Å²) in [5.74, 6) is 0.397. The maximum absolute atomic E-state index is 12.6. The van der Waals surface area contributed by atoms with Gasteiger partial charge in [0, 0.05) is 10.6 Å². The third kappa shape index (κ3) is 12.5. The third-order valence-corrected chi connectivity index (χ3v) is 8.02. The van der Waals surface area contributed by atoms with Crippen molar-refractivity contribution in [1.29, 1.82) is 0 Å². The molecule has 2 aromatic rings. The predicted octanol–water partition coefficient (Wildman–Crippen LogP) is 6.77. The van der Waals surface area contributed by atoms with Crippen molar-refractivity contribution in [3.05, 3.63) is 56.6 Å². The summed E-state index contributed by atoms with van der Waals surface area (Å²) in [7, 11) is -0.922. The number of fused-ring (bicyclic) bond motifs is 1. The summed E-state index contributed by atoms with van der Waals surface area (Å²) >= 11 is 12.9. The maximum Gasteiger partial charge on any atom is 1.00 e. The Hall–Kier alpha value is -0.395. The van der Waals surface area contributed by atoms with Crippen molar-refractivity contribution in [2.75, 3.05) is 0 Å². The van der Waals surface area contributed by atoms with Gasteiger partial charge in [-0.05, 0) is 60.6 Å². The second-order valence-corrected chi connectivity index (χ2v) is 11.7. The fourth-order valence-corrected chi connectivity index (χ4v) is 5.73. The number of hydrogen-bond donors (Lipinski definition) is 0. The van der Waals surface area contributed by atoms with Gasteiger partial charge in [-0.3, -0.25) is 0 Å². The van der Waals surface area contributed by atoms with Crippen LogP contribution in [-0.4, -0.2) is 7.32 Å². The van der Waals surface area contributed by atoms with Crippen LogP contribution in [0.25, 0.3) is 0 Å². The van der Waals surface area contributed by atoms with Gasteiger partial charge in [0.15, 0.2) is 0 Å². The van der Waals surface area contributed by atoms with E-state index in [9.17, 15) is 5.11 Å². The smallest absolute Gasteiger partial charge is 0.871 e. The van der Waals surface area contributed by atoms with Gasteiger partial charge in [0.2, 0.25) is 0 Å². The van der Waals surface area contributed by atoms with Crippen LogP contribution in [0.15, 0.2) is 24.3 Å². The number of benzene rings is 2. The summed E-state index contributed by atoms with van der Waals surface area (Å²) in [6.45, 7) is 4.90. The van der Waals surface area contributed by atoms with Gasteiger partial charge in [0.1, 0.15) is 5.75 Å². The van der Waals surface area contributed by atoms with Gasteiger partial charge in [0.05, 0.1) is 18.2 Å². The van der Waals surface area contributed by atoms with E-state index in [0.717, 1.165) is 36.8 Å². The van der Waals surface area contributed by atoms with E-state index in [4.69, 9.17) is 37.2 Å². The van der Waals surface area contributed by atoms with Gasteiger partial charge in [-0.15, -0.1) is 0 Å². The topological polar surface area (TPSA) is 50.8 Å². The van der Waals surface area contributed by atoms with E-state index in [2.05, 4.69) is 19.9 Å². The predicted molar refractivity (Wildman–Crippen MR) is 162 cm³/mol. The largest absolute Gasteiger partial charge is 1.00 e. The molecule has 2 aromatic carbocycles. The third-order valence-electron chi connectivity index (χ3n) is 7.46. The second kappa shape index (κ2) is 20.5. The average molecular weight is 599 g/mol. The quantitative estimate of drug-likeness (QED) is 0.132. The molecular weight excluding hydrogens is 553 g/mol. The number of halogens is 2. The molecule has 1 aliphatic heterocycles.